The zero-order valence-electron chi connectivity index (χ0n) is 13.3. The van der Waals surface area contributed by atoms with E-state index in [0.29, 0.717) is 37.4 Å². The molecule has 2 rings (SSSR count). The van der Waals surface area contributed by atoms with Crippen molar-refractivity contribution in [2.75, 3.05) is 20.3 Å². The van der Waals surface area contributed by atoms with Gasteiger partial charge in [0.25, 0.3) is 5.91 Å². The largest absolute Gasteiger partial charge is 0.493 e. The van der Waals surface area contributed by atoms with Gasteiger partial charge < -0.3 is 19.9 Å². The maximum absolute atomic E-state index is 12.4. The van der Waals surface area contributed by atoms with Gasteiger partial charge in [0, 0.05) is 25.7 Å². The molecule has 0 saturated heterocycles. The summed E-state index contributed by atoms with van der Waals surface area (Å²) >= 11 is 0. The molecule has 1 aromatic rings. The molecule has 0 radical (unpaired) electrons. The number of carboxylic acid groups (broad SMARTS) is 1. The highest BCUT2D eigenvalue weighted by Crippen LogP contribution is 2.30. The molecule has 126 valence electrons. The highest BCUT2D eigenvalue weighted by Gasteiger charge is 2.42. The molecule has 0 aliphatic heterocycles. The van der Waals surface area contributed by atoms with Crippen molar-refractivity contribution >= 4 is 11.9 Å². The number of carboxylic acids is 1. The fourth-order valence-corrected chi connectivity index (χ4v) is 2.78. The second-order valence-electron chi connectivity index (χ2n) is 5.77. The molecule has 0 aromatic heterocycles. The molecule has 23 heavy (non-hydrogen) atoms. The molecule has 2 N–H and O–H groups in total. The van der Waals surface area contributed by atoms with Gasteiger partial charge in [-0.2, -0.15) is 0 Å². The van der Waals surface area contributed by atoms with Gasteiger partial charge in [-0.3, -0.25) is 4.79 Å². The number of hydrogen-bond donors (Lipinski definition) is 2. The highest BCUT2D eigenvalue weighted by molar-refractivity contribution is 5.98. The van der Waals surface area contributed by atoms with E-state index < -0.39 is 11.5 Å². The first-order valence-corrected chi connectivity index (χ1v) is 7.85. The molecule has 0 heterocycles. The molecule has 1 saturated carbocycles. The van der Waals surface area contributed by atoms with Crippen LogP contribution in [0.5, 0.6) is 5.75 Å². The number of carbonyl (C=O) groups excluding carboxylic acids is 1. The zero-order chi connectivity index (χ0) is 16.7. The Morgan fingerprint density at radius 2 is 2.00 bits per heavy atom. The maximum Gasteiger partial charge on any atom is 0.329 e. The van der Waals surface area contributed by atoms with Crippen molar-refractivity contribution in [1.82, 2.24) is 5.32 Å². The number of benzene rings is 1. The van der Waals surface area contributed by atoms with E-state index in [0.717, 1.165) is 19.3 Å². The van der Waals surface area contributed by atoms with E-state index >= 15 is 0 Å². The molecule has 0 unspecified atom stereocenters. The second kappa shape index (κ2) is 7.97. The monoisotopic (exact) mass is 321 g/mol. The number of rotatable bonds is 8. The molecule has 0 atom stereocenters. The fourth-order valence-electron chi connectivity index (χ4n) is 2.78. The molecule has 6 nitrogen and oxygen atoms in total. The topological polar surface area (TPSA) is 84.9 Å². The van der Waals surface area contributed by atoms with Gasteiger partial charge in [-0.1, -0.05) is 18.9 Å². The van der Waals surface area contributed by atoms with E-state index in [1.54, 1.807) is 31.4 Å². The summed E-state index contributed by atoms with van der Waals surface area (Å²) in [5, 5.41) is 12.1. The van der Waals surface area contributed by atoms with Gasteiger partial charge in [-0.25, -0.2) is 4.79 Å². The van der Waals surface area contributed by atoms with Crippen molar-refractivity contribution in [3.05, 3.63) is 29.8 Å². The first-order valence-electron chi connectivity index (χ1n) is 7.85. The Labute approximate surface area is 135 Å². The molecule has 1 amide bonds. The van der Waals surface area contributed by atoms with Crippen LogP contribution >= 0.6 is 0 Å². The predicted octanol–water partition coefficient (Wildman–Crippen LogP) is 2.23. The third-order valence-electron chi connectivity index (χ3n) is 4.08. The number of ether oxygens (including phenoxy) is 2. The predicted molar refractivity (Wildman–Crippen MR) is 84.7 cm³/mol. The number of amides is 1. The van der Waals surface area contributed by atoms with Crippen LogP contribution < -0.4 is 10.1 Å². The summed E-state index contributed by atoms with van der Waals surface area (Å²) < 4.78 is 10.5. The summed E-state index contributed by atoms with van der Waals surface area (Å²) in [6.07, 6.45) is 3.34. The SMILES string of the molecule is COCCCOc1cccc(C(=O)NC2(C(=O)O)CCCC2)c1. The number of methoxy groups -OCH3 is 1. The third kappa shape index (κ3) is 4.45. The lowest BCUT2D eigenvalue weighted by molar-refractivity contribution is -0.144. The maximum atomic E-state index is 12.4. The van der Waals surface area contributed by atoms with E-state index in [-0.39, 0.29) is 5.91 Å². The lowest BCUT2D eigenvalue weighted by atomic mass is 9.97. The zero-order valence-corrected chi connectivity index (χ0v) is 13.3. The molecule has 1 aliphatic rings. The van der Waals surface area contributed by atoms with Crippen LogP contribution in [0, 0.1) is 0 Å². The third-order valence-corrected chi connectivity index (χ3v) is 4.08. The van der Waals surface area contributed by atoms with E-state index in [1.165, 1.54) is 0 Å². The van der Waals surface area contributed by atoms with E-state index in [4.69, 9.17) is 9.47 Å². The van der Waals surface area contributed by atoms with Gasteiger partial charge in [0.05, 0.1) is 6.61 Å². The summed E-state index contributed by atoms with van der Waals surface area (Å²) in [6, 6.07) is 6.78. The van der Waals surface area contributed by atoms with Gasteiger partial charge >= 0.3 is 5.97 Å². The Morgan fingerprint density at radius 3 is 2.65 bits per heavy atom. The van der Waals surface area contributed by atoms with Crippen molar-refractivity contribution in [2.24, 2.45) is 0 Å². The quantitative estimate of drug-likeness (QED) is 0.717. The number of aliphatic carboxylic acids is 1. The van der Waals surface area contributed by atoms with Gasteiger partial charge in [0.1, 0.15) is 11.3 Å². The number of carbonyl (C=O) groups is 2. The van der Waals surface area contributed by atoms with Gasteiger partial charge in [-0.05, 0) is 31.0 Å². The van der Waals surface area contributed by atoms with Crippen molar-refractivity contribution in [1.29, 1.82) is 0 Å². The van der Waals surface area contributed by atoms with Crippen molar-refractivity contribution in [3.63, 3.8) is 0 Å². The molecule has 1 aromatic carbocycles. The van der Waals surface area contributed by atoms with Crippen LogP contribution in [0.25, 0.3) is 0 Å². The van der Waals surface area contributed by atoms with E-state index in [2.05, 4.69) is 5.32 Å². The summed E-state index contributed by atoms with van der Waals surface area (Å²) in [5.41, 5.74) is -0.728. The van der Waals surface area contributed by atoms with Gasteiger partial charge in [-0.15, -0.1) is 0 Å². The van der Waals surface area contributed by atoms with Crippen LogP contribution in [-0.4, -0.2) is 42.8 Å². The van der Waals surface area contributed by atoms with Crippen LogP contribution in [0.4, 0.5) is 0 Å². The second-order valence-corrected chi connectivity index (χ2v) is 5.77. The molecular formula is C17H23NO5. The summed E-state index contributed by atoms with van der Waals surface area (Å²) in [4.78, 5) is 23.9. The summed E-state index contributed by atoms with van der Waals surface area (Å²) in [7, 11) is 1.63. The van der Waals surface area contributed by atoms with Crippen molar-refractivity contribution in [2.45, 2.75) is 37.6 Å². The number of nitrogens with one attached hydrogen (secondary N) is 1. The van der Waals surface area contributed by atoms with Crippen molar-refractivity contribution < 1.29 is 24.2 Å². The first-order chi connectivity index (χ1) is 11.1. The van der Waals surface area contributed by atoms with Crippen LogP contribution in [0.2, 0.25) is 0 Å². The minimum atomic E-state index is -1.13. The molecule has 1 fully saturated rings. The van der Waals surface area contributed by atoms with Crippen LogP contribution in [0.15, 0.2) is 24.3 Å². The Balaban J connectivity index is 2.00. The van der Waals surface area contributed by atoms with Gasteiger partial charge in [0.2, 0.25) is 0 Å². The lowest BCUT2D eigenvalue weighted by Crippen LogP contribution is -2.52. The normalized spacial score (nSPS) is 16.0. The molecule has 0 bridgehead atoms. The minimum absolute atomic E-state index is 0.378. The summed E-state index contributed by atoms with van der Waals surface area (Å²) in [5.74, 6) is -0.753. The Morgan fingerprint density at radius 1 is 1.26 bits per heavy atom. The summed E-state index contributed by atoms with van der Waals surface area (Å²) in [6.45, 7) is 1.11. The Kier molecular flexibility index (Phi) is 5.98. The van der Waals surface area contributed by atoms with Crippen LogP contribution in [-0.2, 0) is 9.53 Å². The fraction of sp³-hybridized carbons (Fsp3) is 0.529. The Bertz CT molecular complexity index is 552. The van der Waals surface area contributed by atoms with E-state index in [1.807, 2.05) is 0 Å². The first kappa shape index (κ1) is 17.3. The molecule has 1 aliphatic carbocycles. The Hall–Kier alpha value is -2.08. The molecule has 0 spiro atoms. The van der Waals surface area contributed by atoms with Crippen LogP contribution in [0.3, 0.4) is 0 Å². The van der Waals surface area contributed by atoms with Crippen molar-refractivity contribution in [3.8, 4) is 5.75 Å². The minimum Gasteiger partial charge on any atom is -0.493 e. The number of hydrogen-bond acceptors (Lipinski definition) is 4. The standard InChI is InChI=1S/C17H23NO5/c1-22-10-5-11-23-14-7-4-6-13(12-14)15(19)18-17(16(20)21)8-2-3-9-17/h4,6-7,12H,2-3,5,8-11H2,1H3,(H,18,19)(H,20,21). The smallest absolute Gasteiger partial charge is 0.329 e. The molecular weight excluding hydrogens is 298 g/mol. The molecule has 6 heteroatoms. The average molecular weight is 321 g/mol. The lowest BCUT2D eigenvalue weighted by Gasteiger charge is -2.25. The van der Waals surface area contributed by atoms with E-state index in [9.17, 15) is 14.7 Å². The van der Waals surface area contributed by atoms with Gasteiger partial charge in [0.15, 0.2) is 0 Å². The average Bonchev–Trinajstić information content (AvgIpc) is 3.02. The van der Waals surface area contributed by atoms with Crippen LogP contribution in [0.1, 0.15) is 42.5 Å². The highest BCUT2D eigenvalue weighted by atomic mass is 16.5.